The summed E-state index contributed by atoms with van der Waals surface area (Å²) >= 11 is 0. The number of amides is 2. The van der Waals surface area contributed by atoms with E-state index in [1.165, 1.54) is 4.90 Å². The number of likely N-dealkylation sites (tertiary alicyclic amines) is 1. The van der Waals surface area contributed by atoms with Gasteiger partial charge in [0.2, 0.25) is 5.91 Å². The summed E-state index contributed by atoms with van der Waals surface area (Å²) < 4.78 is 0. The summed E-state index contributed by atoms with van der Waals surface area (Å²) in [5, 5.41) is 8.66. The molecule has 21 heavy (non-hydrogen) atoms. The molecule has 1 atom stereocenters. The van der Waals surface area contributed by atoms with E-state index in [0.29, 0.717) is 24.9 Å². The molecule has 0 aliphatic carbocycles. The molecular formula is C16H18N2O3. The molecule has 110 valence electrons. The average Bonchev–Trinajstić information content (AvgIpc) is 2.97. The number of hydrogen-bond donors (Lipinski definition) is 2. The van der Waals surface area contributed by atoms with Gasteiger partial charge in [0, 0.05) is 24.1 Å². The standard InChI is InChI=1S/C16H18N2O3/c17-15(20)14-5-3-10-18(14)16(21)13-8-6-12(7-9-13)4-1-2-11-19/h6-9,14,19H,2-3,5,10-11H2,(H2,17,20). The Balaban J connectivity index is 2.10. The molecule has 1 unspecified atom stereocenters. The van der Waals surface area contributed by atoms with Crippen LogP contribution in [0.1, 0.15) is 35.2 Å². The van der Waals surface area contributed by atoms with Crippen molar-refractivity contribution in [1.29, 1.82) is 0 Å². The number of carbonyl (C=O) groups excluding carboxylic acids is 2. The molecule has 5 heteroatoms. The first-order valence-electron chi connectivity index (χ1n) is 6.93. The third kappa shape index (κ3) is 3.61. The minimum atomic E-state index is -0.499. The van der Waals surface area contributed by atoms with Gasteiger partial charge in [0.05, 0.1) is 6.61 Å². The van der Waals surface area contributed by atoms with Gasteiger partial charge in [0.15, 0.2) is 0 Å². The Morgan fingerprint density at radius 2 is 2.05 bits per heavy atom. The minimum Gasteiger partial charge on any atom is -0.395 e. The van der Waals surface area contributed by atoms with Gasteiger partial charge in [-0.05, 0) is 37.1 Å². The second kappa shape index (κ2) is 6.91. The maximum atomic E-state index is 12.4. The van der Waals surface area contributed by atoms with E-state index >= 15 is 0 Å². The number of aliphatic hydroxyl groups excluding tert-OH is 1. The molecule has 3 N–H and O–H groups in total. The van der Waals surface area contributed by atoms with Gasteiger partial charge in [0.25, 0.3) is 5.91 Å². The zero-order chi connectivity index (χ0) is 15.2. The van der Waals surface area contributed by atoms with Crippen LogP contribution in [0.15, 0.2) is 24.3 Å². The maximum Gasteiger partial charge on any atom is 0.254 e. The fourth-order valence-electron chi connectivity index (χ4n) is 2.39. The second-order valence-corrected chi connectivity index (χ2v) is 4.91. The molecule has 2 rings (SSSR count). The van der Waals surface area contributed by atoms with E-state index in [1.54, 1.807) is 24.3 Å². The van der Waals surface area contributed by atoms with Crippen LogP contribution in [0.5, 0.6) is 0 Å². The number of benzene rings is 1. The smallest absolute Gasteiger partial charge is 0.254 e. The van der Waals surface area contributed by atoms with Crippen molar-refractivity contribution in [3.05, 3.63) is 35.4 Å². The zero-order valence-electron chi connectivity index (χ0n) is 11.7. The van der Waals surface area contributed by atoms with E-state index in [-0.39, 0.29) is 12.5 Å². The minimum absolute atomic E-state index is 0.0348. The number of nitrogens with two attached hydrogens (primary N) is 1. The molecule has 1 heterocycles. The van der Waals surface area contributed by atoms with Gasteiger partial charge in [0.1, 0.15) is 6.04 Å². The predicted octanol–water partition coefficient (Wildman–Crippen LogP) is 0.510. The van der Waals surface area contributed by atoms with Gasteiger partial charge in [-0.1, -0.05) is 11.8 Å². The van der Waals surface area contributed by atoms with Crippen molar-refractivity contribution in [3.8, 4) is 11.8 Å². The summed E-state index contributed by atoms with van der Waals surface area (Å²) in [5.41, 5.74) is 6.63. The van der Waals surface area contributed by atoms with E-state index in [4.69, 9.17) is 10.8 Å². The van der Waals surface area contributed by atoms with Crippen LogP contribution < -0.4 is 5.73 Å². The molecule has 1 aliphatic heterocycles. The molecule has 1 aromatic carbocycles. The van der Waals surface area contributed by atoms with Gasteiger partial charge in [-0.2, -0.15) is 0 Å². The Hall–Kier alpha value is -2.32. The largest absolute Gasteiger partial charge is 0.395 e. The predicted molar refractivity (Wildman–Crippen MR) is 78.3 cm³/mol. The van der Waals surface area contributed by atoms with Crippen LogP contribution in [0.25, 0.3) is 0 Å². The number of primary amides is 1. The fourth-order valence-corrected chi connectivity index (χ4v) is 2.39. The van der Waals surface area contributed by atoms with Crippen molar-refractivity contribution >= 4 is 11.8 Å². The van der Waals surface area contributed by atoms with Gasteiger partial charge >= 0.3 is 0 Å². The molecule has 0 aromatic heterocycles. The van der Waals surface area contributed by atoms with Crippen molar-refractivity contribution in [2.45, 2.75) is 25.3 Å². The van der Waals surface area contributed by atoms with E-state index < -0.39 is 11.9 Å². The molecule has 0 spiro atoms. The Labute approximate surface area is 123 Å². The Kier molecular flexibility index (Phi) is 4.96. The number of aliphatic hydroxyl groups is 1. The molecule has 1 saturated heterocycles. The van der Waals surface area contributed by atoms with Crippen molar-refractivity contribution in [2.75, 3.05) is 13.2 Å². The highest BCUT2D eigenvalue weighted by Gasteiger charge is 2.32. The third-order valence-electron chi connectivity index (χ3n) is 3.44. The zero-order valence-corrected chi connectivity index (χ0v) is 11.7. The lowest BCUT2D eigenvalue weighted by Crippen LogP contribution is -2.43. The van der Waals surface area contributed by atoms with Crippen LogP contribution in [-0.4, -0.2) is 41.0 Å². The van der Waals surface area contributed by atoms with E-state index in [9.17, 15) is 9.59 Å². The summed E-state index contributed by atoms with van der Waals surface area (Å²) in [6.45, 7) is 0.595. The van der Waals surface area contributed by atoms with Crippen LogP contribution in [0.3, 0.4) is 0 Å². The molecule has 0 bridgehead atoms. The topological polar surface area (TPSA) is 83.6 Å². The monoisotopic (exact) mass is 286 g/mol. The van der Waals surface area contributed by atoms with Gasteiger partial charge in [-0.25, -0.2) is 0 Å². The highest BCUT2D eigenvalue weighted by Crippen LogP contribution is 2.20. The van der Waals surface area contributed by atoms with Crippen molar-refractivity contribution in [2.24, 2.45) is 5.73 Å². The third-order valence-corrected chi connectivity index (χ3v) is 3.44. The van der Waals surface area contributed by atoms with Gasteiger partial charge < -0.3 is 15.7 Å². The number of nitrogens with zero attached hydrogens (tertiary/aromatic N) is 1. The highest BCUT2D eigenvalue weighted by atomic mass is 16.2. The second-order valence-electron chi connectivity index (χ2n) is 4.91. The first-order chi connectivity index (χ1) is 10.1. The highest BCUT2D eigenvalue weighted by molar-refractivity contribution is 5.97. The SMILES string of the molecule is NC(=O)C1CCCN1C(=O)c1ccc(C#CCCO)cc1. The van der Waals surface area contributed by atoms with Crippen LogP contribution in [-0.2, 0) is 4.79 Å². The van der Waals surface area contributed by atoms with Crippen LogP contribution in [0, 0.1) is 11.8 Å². The normalized spacial score (nSPS) is 17.2. The molecular weight excluding hydrogens is 268 g/mol. The maximum absolute atomic E-state index is 12.4. The molecule has 2 amide bonds. The summed E-state index contributed by atoms with van der Waals surface area (Å²) in [4.78, 5) is 25.3. The molecule has 1 aromatic rings. The van der Waals surface area contributed by atoms with Crippen LogP contribution in [0.2, 0.25) is 0 Å². The average molecular weight is 286 g/mol. The van der Waals surface area contributed by atoms with E-state index in [1.807, 2.05) is 0 Å². The number of carbonyl (C=O) groups is 2. The van der Waals surface area contributed by atoms with Gasteiger partial charge in [-0.15, -0.1) is 0 Å². The first-order valence-corrected chi connectivity index (χ1v) is 6.93. The van der Waals surface area contributed by atoms with Crippen molar-refractivity contribution in [3.63, 3.8) is 0 Å². The fraction of sp³-hybridized carbons (Fsp3) is 0.375. The van der Waals surface area contributed by atoms with E-state index in [2.05, 4.69) is 11.8 Å². The Morgan fingerprint density at radius 1 is 1.33 bits per heavy atom. The molecule has 5 nitrogen and oxygen atoms in total. The molecule has 1 aliphatic rings. The Bertz CT molecular complexity index is 584. The number of rotatable bonds is 3. The quantitative estimate of drug-likeness (QED) is 0.794. The van der Waals surface area contributed by atoms with Crippen LogP contribution in [0.4, 0.5) is 0 Å². The summed E-state index contributed by atoms with van der Waals surface area (Å²) in [6.07, 6.45) is 1.85. The molecule has 0 saturated carbocycles. The van der Waals surface area contributed by atoms with Crippen LogP contribution >= 0.6 is 0 Å². The number of hydrogen-bond acceptors (Lipinski definition) is 3. The summed E-state index contributed by atoms with van der Waals surface area (Å²) in [6, 6.07) is 6.41. The first kappa shape index (κ1) is 15.1. The summed E-state index contributed by atoms with van der Waals surface area (Å²) in [7, 11) is 0. The lowest BCUT2D eigenvalue weighted by Gasteiger charge is -2.22. The molecule has 0 radical (unpaired) electrons. The summed E-state index contributed by atoms with van der Waals surface area (Å²) in [5.74, 6) is 5.09. The van der Waals surface area contributed by atoms with Crippen molar-refractivity contribution in [1.82, 2.24) is 4.90 Å². The van der Waals surface area contributed by atoms with Crippen molar-refractivity contribution < 1.29 is 14.7 Å². The Morgan fingerprint density at radius 3 is 2.67 bits per heavy atom. The lowest BCUT2D eigenvalue weighted by molar-refractivity contribution is -0.121. The van der Waals surface area contributed by atoms with E-state index in [0.717, 1.165) is 12.0 Å². The molecule has 1 fully saturated rings. The van der Waals surface area contributed by atoms with Gasteiger partial charge in [-0.3, -0.25) is 9.59 Å². The lowest BCUT2D eigenvalue weighted by atomic mass is 10.1.